The molecule has 112 valence electrons. The Bertz CT molecular complexity index is 426. The second-order valence-corrected chi connectivity index (χ2v) is 5.90. The third-order valence-electron chi connectivity index (χ3n) is 3.14. The minimum atomic E-state index is -0.585. The van der Waals surface area contributed by atoms with E-state index in [0.29, 0.717) is 6.61 Å². The molecule has 2 heterocycles. The molecule has 2 aliphatic heterocycles. The highest BCUT2D eigenvalue weighted by Gasteiger charge is 2.51. The van der Waals surface area contributed by atoms with Gasteiger partial charge < -0.3 is 19.5 Å². The molecule has 0 aromatic carbocycles. The highest BCUT2D eigenvalue weighted by molar-refractivity contribution is 5.77. The predicted molar refractivity (Wildman–Crippen MR) is 71.1 cm³/mol. The normalized spacial score (nSPS) is 31.2. The van der Waals surface area contributed by atoms with Crippen molar-refractivity contribution in [3.63, 3.8) is 0 Å². The van der Waals surface area contributed by atoms with Gasteiger partial charge in [0.15, 0.2) is 0 Å². The fourth-order valence-corrected chi connectivity index (χ4v) is 2.44. The number of ether oxygens (including phenoxy) is 3. The van der Waals surface area contributed by atoms with Gasteiger partial charge in [0.05, 0.1) is 24.9 Å². The summed E-state index contributed by atoms with van der Waals surface area (Å²) in [5.74, 6) is -0.872. The molecule has 4 atom stereocenters. The van der Waals surface area contributed by atoms with Crippen LogP contribution in [0.5, 0.6) is 0 Å². The van der Waals surface area contributed by atoms with Crippen LogP contribution in [0.25, 0.3) is 0 Å². The van der Waals surface area contributed by atoms with Crippen LogP contribution in [0.3, 0.4) is 0 Å². The van der Waals surface area contributed by atoms with Gasteiger partial charge in [-0.05, 0) is 27.7 Å². The van der Waals surface area contributed by atoms with Gasteiger partial charge in [-0.15, -0.1) is 0 Å². The second-order valence-electron chi connectivity index (χ2n) is 5.90. The number of carbonyl (C=O) groups is 2. The molecule has 1 saturated heterocycles. The average molecular weight is 283 g/mol. The Hall–Kier alpha value is -1.56. The third kappa shape index (κ3) is 3.12. The first-order valence-electron chi connectivity index (χ1n) is 6.82. The lowest BCUT2D eigenvalue weighted by Crippen LogP contribution is -2.50. The maximum absolute atomic E-state index is 12.0. The molecule has 1 fully saturated rings. The number of esters is 1. The van der Waals surface area contributed by atoms with E-state index in [1.165, 1.54) is 0 Å². The van der Waals surface area contributed by atoms with Gasteiger partial charge in [-0.3, -0.25) is 4.79 Å². The van der Waals surface area contributed by atoms with Gasteiger partial charge in [-0.25, -0.2) is 4.79 Å². The summed E-state index contributed by atoms with van der Waals surface area (Å²) in [6, 6.07) is -0.445. The maximum Gasteiger partial charge on any atom is 0.407 e. The standard InChI is InChI=1S/C14H21NO5/c1-5-18-12(16)10-8-6-7-9(19-8)11(10)15-13(17)20-14(2,3)4/h6-11H,5H2,1-4H3,(H,15,17)/t8-,9+,10-,11-/m0/s1. The molecule has 0 saturated carbocycles. The number of rotatable bonds is 3. The zero-order chi connectivity index (χ0) is 14.9. The highest BCUT2D eigenvalue weighted by atomic mass is 16.6. The van der Waals surface area contributed by atoms with Crippen molar-refractivity contribution >= 4 is 12.1 Å². The van der Waals surface area contributed by atoms with E-state index >= 15 is 0 Å². The van der Waals surface area contributed by atoms with Gasteiger partial charge in [0, 0.05) is 0 Å². The molecule has 0 aromatic rings. The number of amides is 1. The molecule has 1 amide bonds. The van der Waals surface area contributed by atoms with Crippen LogP contribution in [-0.4, -0.2) is 42.5 Å². The smallest absolute Gasteiger partial charge is 0.407 e. The summed E-state index contributed by atoms with van der Waals surface area (Å²) >= 11 is 0. The molecule has 0 aliphatic carbocycles. The zero-order valence-electron chi connectivity index (χ0n) is 12.2. The van der Waals surface area contributed by atoms with Crippen molar-refractivity contribution in [2.24, 2.45) is 5.92 Å². The van der Waals surface area contributed by atoms with Crippen molar-refractivity contribution in [1.29, 1.82) is 0 Å². The summed E-state index contributed by atoms with van der Waals surface area (Å²) in [6.07, 6.45) is 2.49. The Morgan fingerprint density at radius 2 is 1.90 bits per heavy atom. The summed E-state index contributed by atoms with van der Waals surface area (Å²) in [6.45, 7) is 7.40. The van der Waals surface area contributed by atoms with Gasteiger partial charge in [0.25, 0.3) is 0 Å². The van der Waals surface area contributed by atoms with Gasteiger partial charge in [0.2, 0.25) is 0 Å². The second kappa shape index (κ2) is 5.44. The Balaban J connectivity index is 2.03. The average Bonchev–Trinajstić information content (AvgIpc) is 2.86. The lowest BCUT2D eigenvalue weighted by molar-refractivity contribution is -0.149. The molecule has 0 radical (unpaired) electrons. The highest BCUT2D eigenvalue weighted by Crippen LogP contribution is 2.35. The summed E-state index contributed by atoms with van der Waals surface area (Å²) < 4.78 is 15.9. The third-order valence-corrected chi connectivity index (χ3v) is 3.14. The summed E-state index contributed by atoms with van der Waals surface area (Å²) in [7, 11) is 0. The molecule has 0 spiro atoms. The number of hydrogen-bond acceptors (Lipinski definition) is 5. The van der Waals surface area contributed by atoms with E-state index < -0.39 is 23.7 Å². The fourth-order valence-electron chi connectivity index (χ4n) is 2.44. The van der Waals surface area contributed by atoms with Crippen LogP contribution in [0.1, 0.15) is 27.7 Å². The number of nitrogens with one attached hydrogen (secondary N) is 1. The SMILES string of the molecule is CCOC(=O)[C@@H]1[C@@H](NC(=O)OC(C)(C)C)[C@H]2C=C[C@@H]1O2. The molecule has 0 unspecified atom stereocenters. The van der Waals surface area contributed by atoms with Crippen molar-refractivity contribution in [1.82, 2.24) is 5.32 Å². The molecular formula is C14H21NO5. The van der Waals surface area contributed by atoms with Crippen LogP contribution < -0.4 is 5.32 Å². The number of hydrogen-bond donors (Lipinski definition) is 1. The number of fused-ring (bicyclic) bond motifs is 2. The topological polar surface area (TPSA) is 73.9 Å². The molecule has 20 heavy (non-hydrogen) atoms. The van der Waals surface area contributed by atoms with Gasteiger partial charge in [-0.2, -0.15) is 0 Å². The summed E-state index contributed by atoms with van der Waals surface area (Å²) in [5.41, 5.74) is -0.585. The van der Waals surface area contributed by atoms with Crippen molar-refractivity contribution in [2.45, 2.75) is 51.5 Å². The maximum atomic E-state index is 12.0. The zero-order valence-corrected chi connectivity index (χ0v) is 12.2. The molecular weight excluding hydrogens is 262 g/mol. The van der Waals surface area contributed by atoms with Crippen LogP contribution in [0.15, 0.2) is 12.2 Å². The monoisotopic (exact) mass is 283 g/mol. The van der Waals surface area contributed by atoms with E-state index in [1.807, 2.05) is 12.2 Å². The Labute approximate surface area is 118 Å². The molecule has 2 bridgehead atoms. The first kappa shape index (κ1) is 14.8. The minimum absolute atomic E-state index is 0.301. The van der Waals surface area contributed by atoms with Gasteiger partial charge >= 0.3 is 12.1 Å². The minimum Gasteiger partial charge on any atom is -0.466 e. The molecule has 1 N–H and O–H groups in total. The number of carbonyl (C=O) groups excluding carboxylic acids is 2. The summed E-state index contributed by atoms with van der Waals surface area (Å²) in [5, 5.41) is 2.72. The van der Waals surface area contributed by atoms with Crippen LogP contribution in [0.4, 0.5) is 4.79 Å². The van der Waals surface area contributed by atoms with Crippen LogP contribution in [-0.2, 0) is 19.0 Å². The van der Waals surface area contributed by atoms with Crippen LogP contribution in [0, 0.1) is 5.92 Å². The number of alkyl carbamates (subject to hydrolysis) is 1. The summed E-state index contributed by atoms with van der Waals surface area (Å²) in [4.78, 5) is 23.8. The lowest BCUT2D eigenvalue weighted by atomic mass is 9.89. The van der Waals surface area contributed by atoms with E-state index in [-0.39, 0.29) is 18.2 Å². The van der Waals surface area contributed by atoms with Gasteiger partial charge in [-0.1, -0.05) is 12.2 Å². The van der Waals surface area contributed by atoms with Crippen molar-refractivity contribution in [3.8, 4) is 0 Å². The lowest BCUT2D eigenvalue weighted by Gasteiger charge is -2.26. The molecule has 0 aromatic heterocycles. The molecule has 6 heteroatoms. The first-order valence-corrected chi connectivity index (χ1v) is 6.82. The fraction of sp³-hybridized carbons (Fsp3) is 0.714. The largest absolute Gasteiger partial charge is 0.466 e. The first-order chi connectivity index (χ1) is 9.31. The predicted octanol–water partition coefficient (Wildman–Crippen LogP) is 1.40. The van der Waals surface area contributed by atoms with E-state index in [1.54, 1.807) is 27.7 Å². The molecule has 6 nitrogen and oxygen atoms in total. The molecule has 2 aliphatic rings. The van der Waals surface area contributed by atoms with Gasteiger partial charge in [0.1, 0.15) is 11.5 Å². The quantitative estimate of drug-likeness (QED) is 0.626. The Morgan fingerprint density at radius 3 is 2.50 bits per heavy atom. The van der Waals surface area contributed by atoms with E-state index in [0.717, 1.165) is 0 Å². The van der Waals surface area contributed by atoms with Crippen molar-refractivity contribution < 1.29 is 23.8 Å². The van der Waals surface area contributed by atoms with E-state index in [2.05, 4.69) is 5.32 Å². The van der Waals surface area contributed by atoms with Crippen LogP contribution >= 0.6 is 0 Å². The molecule has 2 rings (SSSR count). The Kier molecular flexibility index (Phi) is 4.04. The van der Waals surface area contributed by atoms with E-state index in [9.17, 15) is 9.59 Å². The van der Waals surface area contributed by atoms with Crippen molar-refractivity contribution in [3.05, 3.63) is 12.2 Å². The van der Waals surface area contributed by atoms with Crippen LogP contribution in [0.2, 0.25) is 0 Å². The Morgan fingerprint density at radius 1 is 1.25 bits per heavy atom. The van der Waals surface area contributed by atoms with Crippen molar-refractivity contribution in [2.75, 3.05) is 6.61 Å². The van der Waals surface area contributed by atoms with E-state index in [4.69, 9.17) is 14.2 Å².